The van der Waals surface area contributed by atoms with Gasteiger partial charge in [-0.25, -0.2) is 4.79 Å². The Labute approximate surface area is 117 Å². The molecule has 0 rings (SSSR count). The fourth-order valence-electron chi connectivity index (χ4n) is 1.73. The number of aliphatic carboxylic acids is 2. The van der Waals surface area contributed by atoms with Gasteiger partial charge in [0.2, 0.25) is 0 Å². The molecule has 6 nitrogen and oxygen atoms in total. The predicted octanol–water partition coefficient (Wildman–Crippen LogP) is 2.01. The van der Waals surface area contributed by atoms with Gasteiger partial charge in [-0.15, -0.1) is 0 Å². The zero-order chi connectivity index (χ0) is 15.9. The summed E-state index contributed by atoms with van der Waals surface area (Å²) in [6.45, 7) is 8.05. The van der Waals surface area contributed by atoms with Gasteiger partial charge in [0.25, 0.3) is 0 Å². The van der Waals surface area contributed by atoms with Crippen LogP contribution < -0.4 is 0 Å². The van der Waals surface area contributed by atoms with Crippen LogP contribution in [0, 0.1) is 5.41 Å². The quantitative estimate of drug-likeness (QED) is 0.401. The van der Waals surface area contributed by atoms with E-state index in [0.717, 1.165) is 0 Å². The van der Waals surface area contributed by atoms with Gasteiger partial charge in [0.05, 0.1) is 18.4 Å². The SMILES string of the molecule is C=C(C)C(=O)OCCC(C=C(C)C)(CC(=O)O)C(=O)O. The fraction of sp³-hybridized carbons (Fsp3) is 0.500. The average Bonchev–Trinajstić information content (AvgIpc) is 2.26. The van der Waals surface area contributed by atoms with Crippen molar-refractivity contribution in [3.63, 3.8) is 0 Å². The van der Waals surface area contributed by atoms with Crippen molar-refractivity contribution in [2.24, 2.45) is 5.41 Å². The molecule has 0 radical (unpaired) electrons. The molecule has 6 heteroatoms. The van der Waals surface area contributed by atoms with Crippen LogP contribution >= 0.6 is 0 Å². The molecule has 2 N–H and O–H groups in total. The summed E-state index contributed by atoms with van der Waals surface area (Å²) >= 11 is 0. The lowest BCUT2D eigenvalue weighted by atomic mass is 9.80. The number of rotatable bonds is 8. The summed E-state index contributed by atoms with van der Waals surface area (Å²) in [5.41, 5.74) is -0.703. The van der Waals surface area contributed by atoms with E-state index in [1.165, 1.54) is 13.0 Å². The third-order valence-corrected chi connectivity index (χ3v) is 2.59. The van der Waals surface area contributed by atoms with Gasteiger partial charge in [-0.05, 0) is 20.8 Å². The third kappa shape index (κ3) is 5.69. The first-order valence-corrected chi connectivity index (χ1v) is 6.04. The molecule has 0 bridgehead atoms. The second kappa shape index (κ2) is 7.47. The lowest BCUT2D eigenvalue weighted by molar-refractivity contribution is -0.155. The van der Waals surface area contributed by atoms with E-state index in [4.69, 9.17) is 9.84 Å². The molecule has 0 heterocycles. The Bertz CT molecular complexity index is 445. The molecule has 20 heavy (non-hydrogen) atoms. The van der Waals surface area contributed by atoms with Crippen molar-refractivity contribution in [1.29, 1.82) is 0 Å². The van der Waals surface area contributed by atoms with Gasteiger partial charge in [-0.1, -0.05) is 18.2 Å². The summed E-state index contributed by atoms with van der Waals surface area (Å²) in [6, 6.07) is 0. The molecular formula is C14H20O6. The smallest absolute Gasteiger partial charge is 0.333 e. The van der Waals surface area contributed by atoms with E-state index >= 15 is 0 Å². The molecule has 0 aliphatic carbocycles. The number of carboxylic acid groups (broad SMARTS) is 2. The maximum absolute atomic E-state index is 11.4. The molecule has 0 spiro atoms. The van der Waals surface area contributed by atoms with Crippen LogP contribution in [0.4, 0.5) is 0 Å². The molecular weight excluding hydrogens is 264 g/mol. The van der Waals surface area contributed by atoms with Crippen LogP contribution in [0.5, 0.6) is 0 Å². The monoisotopic (exact) mass is 284 g/mol. The number of carbonyl (C=O) groups is 3. The van der Waals surface area contributed by atoms with Crippen LogP contribution in [-0.2, 0) is 19.1 Å². The summed E-state index contributed by atoms with van der Waals surface area (Å²) < 4.78 is 4.85. The largest absolute Gasteiger partial charge is 0.481 e. The minimum absolute atomic E-state index is 0.112. The van der Waals surface area contributed by atoms with Gasteiger partial charge in [0, 0.05) is 12.0 Å². The topological polar surface area (TPSA) is 101 Å². The zero-order valence-corrected chi connectivity index (χ0v) is 11.9. The Morgan fingerprint density at radius 1 is 1.20 bits per heavy atom. The van der Waals surface area contributed by atoms with Crippen LogP contribution in [0.15, 0.2) is 23.8 Å². The van der Waals surface area contributed by atoms with Crippen LogP contribution in [0.3, 0.4) is 0 Å². The Kier molecular flexibility index (Phi) is 6.68. The van der Waals surface area contributed by atoms with E-state index in [1.54, 1.807) is 13.8 Å². The van der Waals surface area contributed by atoms with Crippen molar-refractivity contribution >= 4 is 17.9 Å². The summed E-state index contributed by atoms with van der Waals surface area (Å²) in [4.78, 5) is 33.6. The first kappa shape index (κ1) is 17.9. The van der Waals surface area contributed by atoms with Crippen molar-refractivity contribution < 1.29 is 29.3 Å². The van der Waals surface area contributed by atoms with Crippen molar-refractivity contribution in [2.45, 2.75) is 33.6 Å². The molecule has 0 amide bonds. The summed E-state index contributed by atoms with van der Waals surface area (Å²) in [5.74, 6) is -3.11. The summed E-state index contributed by atoms with van der Waals surface area (Å²) in [7, 11) is 0. The second-order valence-corrected chi connectivity index (χ2v) is 4.92. The fourth-order valence-corrected chi connectivity index (χ4v) is 1.73. The standard InChI is InChI=1S/C14H20O6/c1-9(2)7-14(13(18)19,8-11(15)16)5-6-20-12(17)10(3)4/h7H,3,5-6,8H2,1-2,4H3,(H,15,16)(H,18,19). The number of hydrogen-bond acceptors (Lipinski definition) is 4. The maximum Gasteiger partial charge on any atom is 0.333 e. The predicted molar refractivity (Wildman–Crippen MR) is 72.1 cm³/mol. The van der Waals surface area contributed by atoms with Gasteiger partial charge >= 0.3 is 17.9 Å². The van der Waals surface area contributed by atoms with Crippen LogP contribution in [0.25, 0.3) is 0 Å². The first-order chi connectivity index (χ1) is 9.10. The molecule has 0 saturated carbocycles. The summed E-state index contributed by atoms with van der Waals surface area (Å²) in [6.07, 6.45) is 0.703. The van der Waals surface area contributed by atoms with Gasteiger partial charge in [-0.3, -0.25) is 9.59 Å². The molecule has 0 aromatic carbocycles. The van der Waals surface area contributed by atoms with Crippen molar-refractivity contribution in [3.05, 3.63) is 23.8 Å². The van der Waals surface area contributed by atoms with Crippen molar-refractivity contribution in [2.75, 3.05) is 6.61 Å². The van der Waals surface area contributed by atoms with Crippen LogP contribution in [0.1, 0.15) is 33.6 Å². The highest BCUT2D eigenvalue weighted by Gasteiger charge is 2.38. The number of carbonyl (C=O) groups excluding carboxylic acids is 1. The van der Waals surface area contributed by atoms with E-state index in [9.17, 15) is 19.5 Å². The highest BCUT2D eigenvalue weighted by atomic mass is 16.5. The zero-order valence-electron chi connectivity index (χ0n) is 11.9. The highest BCUT2D eigenvalue weighted by molar-refractivity contribution is 5.87. The van der Waals surface area contributed by atoms with E-state index < -0.39 is 29.7 Å². The Morgan fingerprint density at radius 3 is 2.10 bits per heavy atom. The van der Waals surface area contributed by atoms with E-state index in [2.05, 4.69) is 6.58 Å². The minimum atomic E-state index is -1.58. The number of esters is 1. The number of ether oxygens (including phenoxy) is 1. The number of hydrogen-bond donors (Lipinski definition) is 2. The molecule has 1 unspecified atom stereocenters. The molecule has 0 aromatic rings. The summed E-state index contributed by atoms with van der Waals surface area (Å²) in [5, 5.41) is 18.2. The average molecular weight is 284 g/mol. The highest BCUT2D eigenvalue weighted by Crippen LogP contribution is 2.31. The van der Waals surface area contributed by atoms with E-state index in [1.807, 2.05) is 0 Å². The Balaban J connectivity index is 5.06. The van der Waals surface area contributed by atoms with E-state index in [0.29, 0.717) is 5.57 Å². The van der Waals surface area contributed by atoms with Gasteiger partial charge < -0.3 is 14.9 Å². The maximum atomic E-state index is 11.4. The van der Waals surface area contributed by atoms with Crippen LogP contribution in [0.2, 0.25) is 0 Å². The van der Waals surface area contributed by atoms with Crippen molar-refractivity contribution in [3.8, 4) is 0 Å². The Morgan fingerprint density at radius 2 is 1.75 bits per heavy atom. The molecule has 0 aliphatic heterocycles. The third-order valence-electron chi connectivity index (χ3n) is 2.59. The van der Waals surface area contributed by atoms with Crippen molar-refractivity contribution in [1.82, 2.24) is 0 Å². The van der Waals surface area contributed by atoms with Crippen LogP contribution in [-0.4, -0.2) is 34.7 Å². The molecule has 112 valence electrons. The molecule has 1 atom stereocenters. The lowest BCUT2D eigenvalue weighted by Gasteiger charge is -2.24. The first-order valence-electron chi connectivity index (χ1n) is 6.04. The minimum Gasteiger partial charge on any atom is -0.481 e. The number of allylic oxidation sites excluding steroid dienone is 1. The number of carboxylic acids is 2. The van der Waals surface area contributed by atoms with Gasteiger partial charge in [-0.2, -0.15) is 0 Å². The van der Waals surface area contributed by atoms with E-state index in [-0.39, 0.29) is 18.6 Å². The second-order valence-electron chi connectivity index (χ2n) is 4.92. The van der Waals surface area contributed by atoms with Gasteiger partial charge in [0.15, 0.2) is 0 Å². The molecule has 0 aliphatic rings. The molecule has 0 fully saturated rings. The Hall–Kier alpha value is -2.11. The normalized spacial score (nSPS) is 12.9. The lowest BCUT2D eigenvalue weighted by Crippen LogP contribution is -2.33. The molecule has 0 aromatic heterocycles. The van der Waals surface area contributed by atoms with Gasteiger partial charge in [0.1, 0.15) is 0 Å². The molecule has 0 saturated heterocycles.